The van der Waals surface area contributed by atoms with Crippen LogP contribution in [0.15, 0.2) is 58.5 Å². The topological polar surface area (TPSA) is 57.3 Å². The van der Waals surface area contributed by atoms with E-state index in [0.29, 0.717) is 44.2 Å². The van der Waals surface area contributed by atoms with Crippen molar-refractivity contribution in [2.45, 2.75) is 0 Å². The van der Waals surface area contributed by atoms with Crippen LogP contribution in [0.1, 0.15) is 5.56 Å². The molecule has 0 atom stereocenters. The van der Waals surface area contributed by atoms with E-state index >= 15 is 0 Å². The van der Waals surface area contributed by atoms with E-state index in [0.717, 1.165) is 11.3 Å². The van der Waals surface area contributed by atoms with Gasteiger partial charge in [0.15, 0.2) is 11.5 Å². The molecule has 0 aliphatic heterocycles. The maximum absolute atomic E-state index is 6.44. The summed E-state index contributed by atoms with van der Waals surface area (Å²) in [6, 6.07) is 8.92. The number of hydrogen-bond acceptors (Lipinski definition) is 6. The summed E-state index contributed by atoms with van der Waals surface area (Å²) >= 11 is 14.1. The van der Waals surface area contributed by atoms with Crippen LogP contribution in [0.5, 0.6) is 17.2 Å². The lowest BCUT2D eigenvalue weighted by molar-refractivity contribution is 0.324. The Morgan fingerprint density at radius 1 is 1.06 bits per heavy atom. The van der Waals surface area contributed by atoms with Crippen molar-refractivity contribution < 1.29 is 14.2 Å². The lowest BCUT2D eigenvalue weighted by Crippen LogP contribution is -2.12. The first-order chi connectivity index (χ1) is 15.0. The molecule has 0 radical (unpaired) electrons. The first-order valence-electron chi connectivity index (χ1n) is 9.14. The van der Waals surface area contributed by atoms with Gasteiger partial charge in [0.1, 0.15) is 0 Å². The van der Waals surface area contributed by atoms with Crippen molar-refractivity contribution in [3.8, 4) is 28.5 Å². The predicted octanol–water partition coefficient (Wildman–Crippen LogP) is 5.52. The van der Waals surface area contributed by atoms with E-state index in [1.54, 1.807) is 62.6 Å². The fourth-order valence-corrected chi connectivity index (χ4v) is 4.11. The number of nitrogens with zero attached hydrogens (tertiary/aromatic N) is 3. The maximum atomic E-state index is 6.44. The van der Waals surface area contributed by atoms with Crippen molar-refractivity contribution in [3.63, 3.8) is 0 Å². The number of methoxy groups -OCH3 is 3. The van der Waals surface area contributed by atoms with Gasteiger partial charge in [-0.2, -0.15) is 5.10 Å². The molecule has 31 heavy (non-hydrogen) atoms. The van der Waals surface area contributed by atoms with Crippen molar-refractivity contribution in [1.29, 1.82) is 0 Å². The van der Waals surface area contributed by atoms with Gasteiger partial charge in [0.25, 0.3) is 0 Å². The second kappa shape index (κ2) is 10.5. The van der Waals surface area contributed by atoms with Gasteiger partial charge in [-0.15, -0.1) is 17.9 Å². The zero-order valence-corrected chi connectivity index (χ0v) is 19.6. The van der Waals surface area contributed by atoms with E-state index in [9.17, 15) is 0 Å². The summed E-state index contributed by atoms with van der Waals surface area (Å²) in [6.45, 7) is 4.19. The predicted molar refractivity (Wildman–Crippen MR) is 127 cm³/mol. The van der Waals surface area contributed by atoms with Crippen LogP contribution in [0.2, 0.25) is 10.0 Å². The molecule has 6 nitrogen and oxygen atoms in total. The molecular weight excluding hydrogens is 457 g/mol. The lowest BCUT2D eigenvalue weighted by Gasteiger charge is -2.13. The van der Waals surface area contributed by atoms with Crippen LogP contribution in [0.4, 0.5) is 0 Å². The number of ether oxygens (including phenoxy) is 3. The molecule has 0 bridgehead atoms. The zero-order valence-electron chi connectivity index (χ0n) is 17.3. The van der Waals surface area contributed by atoms with Crippen molar-refractivity contribution in [1.82, 2.24) is 4.68 Å². The molecule has 0 N–H and O–H groups in total. The van der Waals surface area contributed by atoms with Crippen LogP contribution in [0.25, 0.3) is 11.3 Å². The summed E-state index contributed by atoms with van der Waals surface area (Å²) in [7, 11) is 4.69. The summed E-state index contributed by atoms with van der Waals surface area (Å²) in [5, 5.41) is 7.74. The van der Waals surface area contributed by atoms with Crippen molar-refractivity contribution in [3.05, 3.63) is 68.8 Å². The first-order valence-corrected chi connectivity index (χ1v) is 10.8. The van der Waals surface area contributed by atoms with Crippen LogP contribution in [0.3, 0.4) is 0 Å². The molecule has 0 saturated carbocycles. The molecule has 0 spiro atoms. The van der Waals surface area contributed by atoms with Gasteiger partial charge < -0.3 is 14.2 Å². The summed E-state index contributed by atoms with van der Waals surface area (Å²) in [5.74, 6) is 1.56. The molecule has 1 aromatic heterocycles. The van der Waals surface area contributed by atoms with Gasteiger partial charge in [0.2, 0.25) is 10.6 Å². The van der Waals surface area contributed by atoms with E-state index in [2.05, 4.69) is 16.7 Å². The normalized spacial score (nSPS) is 11.7. The molecule has 0 amide bonds. The van der Waals surface area contributed by atoms with Gasteiger partial charge in [-0.1, -0.05) is 29.3 Å². The summed E-state index contributed by atoms with van der Waals surface area (Å²) in [5.41, 5.74) is 2.22. The van der Waals surface area contributed by atoms with Gasteiger partial charge in [-0.25, -0.2) is 4.68 Å². The highest BCUT2D eigenvalue weighted by atomic mass is 35.5. The largest absolute Gasteiger partial charge is 0.493 e. The lowest BCUT2D eigenvalue weighted by atomic mass is 10.2. The SMILES string of the molecule is C=CCN=c1scc(-c2cc(Cl)ccc2Cl)n1N=Cc1ccc(OC)c(OC)c1OC. The molecule has 0 aliphatic rings. The average molecular weight is 478 g/mol. The standard InChI is InChI=1S/C22H21Cl2N3O3S/c1-5-10-25-22-27(18(13-31-22)16-11-15(23)7-8-17(16)24)26-12-14-6-9-19(28-2)21(30-4)20(14)29-3/h5-9,11-13H,1,10H2,2-4H3. The number of thiazole rings is 1. The molecule has 0 fully saturated rings. The molecular formula is C22H21Cl2N3O3S. The van der Waals surface area contributed by atoms with E-state index in [1.165, 1.54) is 11.3 Å². The van der Waals surface area contributed by atoms with Crippen LogP contribution in [0, 0.1) is 0 Å². The molecule has 3 rings (SSSR count). The highest BCUT2D eigenvalue weighted by Crippen LogP contribution is 2.39. The summed E-state index contributed by atoms with van der Waals surface area (Å²) in [4.78, 5) is 5.22. The minimum Gasteiger partial charge on any atom is -0.493 e. The third kappa shape index (κ3) is 4.95. The zero-order chi connectivity index (χ0) is 22.4. The molecule has 3 aromatic rings. The molecule has 0 unspecified atom stereocenters. The summed E-state index contributed by atoms with van der Waals surface area (Å²) in [6.07, 6.45) is 3.39. The molecule has 0 saturated heterocycles. The third-order valence-corrected chi connectivity index (χ3v) is 5.71. The van der Waals surface area contributed by atoms with Gasteiger partial charge in [0.05, 0.1) is 44.8 Å². The molecule has 162 valence electrons. The molecule has 0 aliphatic carbocycles. The highest BCUT2D eigenvalue weighted by molar-refractivity contribution is 7.07. The van der Waals surface area contributed by atoms with Gasteiger partial charge in [-0.3, -0.25) is 4.99 Å². The smallest absolute Gasteiger partial charge is 0.206 e. The number of halogens is 2. The minimum absolute atomic E-state index is 0.457. The number of aromatic nitrogens is 1. The van der Waals surface area contributed by atoms with Crippen LogP contribution in [-0.2, 0) is 0 Å². The van der Waals surface area contributed by atoms with Gasteiger partial charge >= 0.3 is 0 Å². The Hall–Kier alpha value is -2.74. The second-order valence-electron chi connectivity index (χ2n) is 6.14. The average Bonchev–Trinajstić information content (AvgIpc) is 3.19. The number of benzene rings is 2. The van der Waals surface area contributed by atoms with E-state index in [4.69, 9.17) is 37.4 Å². The van der Waals surface area contributed by atoms with E-state index < -0.39 is 0 Å². The van der Waals surface area contributed by atoms with Crippen LogP contribution >= 0.6 is 34.5 Å². The highest BCUT2D eigenvalue weighted by Gasteiger charge is 2.16. The summed E-state index contributed by atoms with van der Waals surface area (Å²) < 4.78 is 18.1. The second-order valence-corrected chi connectivity index (χ2v) is 7.82. The fraction of sp³-hybridized carbons (Fsp3) is 0.182. The van der Waals surface area contributed by atoms with Crippen LogP contribution < -0.4 is 19.0 Å². The molecule has 2 aromatic carbocycles. The monoisotopic (exact) mass is 477 g/mol. The van der Waals surface area contributed by atoms with Crippen molar-refractivity contribution in [2.24, 2.45) is 10.1 Å². The fourth-order valence-electron chi connectivity index (χ4n) is 2.89. The Morgan fingerprint density at radius 3 is 2.52 bits per heavy atom. The number of rotatable bonds is 8. The Balaban J connectivity index is 2.17. The van der Waals surface area contributed by atoms with Crippen molar-refractivity contribution in [2.75, 3.05) is 27.9 Å². The van der Waals surface area contributed by atoms with Gasteiger partial charge in [0, 0.05) is 21.5 Å². The third-order valence-electron chi connectivity index (χ3n) is 4.29. The quantitative estimate of drug-likeness (QED) is 0.317. The Bertz CT molecular complexity index is 1190. The first kappa shape index (κ1) is 22.9. The minimum atomic E-state index is 0.457. The number of hydrogen-bond donors (Lipinski definition) is 0. The van der Waals surface area contributed by atoms with Crippen molar-refractivity contribution >= 4 is 40.8 Å². The van der Waals surface area contributed by atoms with Crippen LogP contribution in [-0.4, -0.2) is 38.8 Å². The van der Waals surface area contributed by atoms with Gasteiger partial charge in [-0.05, 0) is 30.3 Å². The Morgan fingerprint density at radius 2 is 1.84 bits per heavy atom. The molecule has 1 heterocycles. The van der Waals surface area contributed by atoms with E-state index in [1.807, 2.05) is 11.4 Å². The van der Waals surface area contributed by atoms with E-state index in [-0.39, 0.29) is 0 Å². The maximum Gasteiger partial charge on any atom is 0.206 e. The molecule has 9 heteroatoms. The Labute approximate surface area is 194 Å². The Kier molecular flexibility index (Phi) is 7.79.